The zero-order chi connectivity index (χ0) is 26.9. The van der Waals surface area contributed by atoms with E-state index in [1.807, 2.05) is 12.1 Å². The average Bonchev–Trinajstić information content (AvgIpc) is 3.22. The number of aromatic nitrogens is 3. The average molecular weight is 514 g/mol. The van der Waals surface area contributed by atoms with Crippen molar-refractivity contribution in [3.63, 3.8) is 0 Å². The molecule has 0 atom stereocenters. The van der Waals surface area contributed by atoms with Gasteiger partial charge in [-0.05, 0) is 31.5 Å². The highest BCUT2D eigenvalue weighted by atomic mass is 32.1. The van der Waals surface area contributed by atoms with Gasteiger partial charge in [-0.15, -0.1) is 11.3 Å². The fourth-order valence-electron chi connectivity index (χ4n) is 3.64. The van der Waals surface area contributed by atoms with Crippen LogP contribution in [0.25, 0.3) is 16.0 Å². The van der Waals surface area contributed by atoms with Crippen LogP contribution in [0.5, 0.6) is 0 Å². The van der Waals surface area contributed by atoms with Gasteiger partial charge in [0.1, 0.15) is 50.7 Å². The van der Waals surface area contributed by atoms with Crippen LogP contribution in [0.4, 0.5) is 17.2 Å². The van der Waals surface area contributed by atoms with Crippen molar-refractivity contribution in [2.24, 2.45) is 0 Å². The highest BCUT2D eigenvalue weighted by Crippen LogP contribution is 2.33. The van der Waals surface area contributed by atoms with Gasteiger partial charge in [-0.1, -0.05) is 18.2 Å². The van der Waals surface area contributed by atoms with E-state index in [1.54, 1.807) is 44.2 Å². The third-order valence-corrected chi connectivity index (χ3v) is 6.65. The lowest BCUT2D eigenvalue weighted by Crippen LogP contribution is -2.26. The SMILES string of the molecule is CCOC(=O)c1c(-n2nc3c(N)c(C#N)c(N)nc3c(C#N)c2=N)sc(C(=O)Nc2ccccc2)c1C. The summed E-state index contributed by atoms with van der Waals surface area (Å²) in [5, 5.41) is 35.1. The number of nitrogens with two attached hydrogens (primary N) is 2. The molecule has 0 saturated carbocycles. The van der Waals surface area contributed by atoms with Crippen LogP contribution in [0.1, 0.15) is 43.6 Å². The molecule has 0 bridgehead atoms. The molecular weight excluding hydrogens is 494 g/mol. The summed E-state index contributed by atoms with van der Waals surface area (Å²) in [5.74, 6) is -1.43. The summed E-state index contributed by atoms with van der Waals surface area (Å²) >= 11 is 0.889. The van der Waals surface area contributed by atoms with Crippen molar-refractivity contribution in [1.29, 1.82) is 15.9 Å². The second-order valence-electron chi connectivity index (χ2n) is 7.62. The first kappa shape index (κ1) is 24.8. The van der Waals surface area contributed by atoms with Gasteiger partial charge in [-0.3, -0.25) is 10.2 Å². The topological polar surface area (TPSA) is 210 Å². The van der Waals surface area contributed by atoms with E-state index in [4.69, 9.17) is 21.6 Å². The molecule has 12 nitrogen and oxygen atoms in total. The van der Waals surface area contributed by atoms with Crippen LogP contribution in [0.2, 0.25) is 0 Å². The third-order valence-electron chi connectivity index (χ3n) is 5.38. The van der Waals surface area contributed by atoms with Crippen molar-refractivity contribution < 1.29 is 14.3 Å². The van der Waals surface area contributed by atoms with Gasteiger partial charge in [-0.25, -0.2) is 14.5 Å². The summed E-state index contributed by atoms with van der Waals surface area (Å²) in [5.41, 5.74) is 11.7. The second kappa shape index (κ2) is 9.77. The Morgan fingerprint density at radius 3 is 2.46 bits per heavy atom. The molecule has 0 unspecified atom stereocenters. The number of benzene rings is 1. The number of hydrogen-bond acceptors (Lipinski definition) is 11. The largest absolute Gasteiger partial charge is 0.462 e. The predicted molar refractivity (Wildman–Crippen MR) is 136 cm³/mol. The van der Waals surface area contributed by atoms with Gasteiger partial charge in [0, 0.05) is 5.69 Å². The Bertz CT molecular complexity index is 1730. The van der Waals surface area contributed by atoms with E-state index in [1.165, 1.54) is 0 Å². The Balaban J connectivity index is 2.02. The van der Waals surface area contributed by atoms with Crippen molar-refractivity contribution in [2.45, 2.75) is 13.8 Å². The Kier molecular flexibility index (Phi) is 6.56. The molecule has 0 aliphatic carbocycles. The first-order chi connectivity index (χ1) is 17.7. The molecule has 0 fully saturated rings. The van der Waals surface area contributed by atoms with Crippen molar-refractivity contribution in [3.05, 3.63) is 63.0 Å². The van der Waals surface area contributed by atoms with Crippen LogP contribution in [0, 0.1) is 35.0 Å². The molecule has 0 radical (unpaired) electrons. The lowest BCUT2D eigenvalue weighted by atomic mass is 10.1. The van der Waals surface area contributed by atoms with E-state index in [0.717, 1.165) is 16.0 Å². The van der Waals surface area contributed by atoms with Gasteiger partial charge in [-0.2, -0.15) is 15.6 Å². The van der Waals surface area contributed by atoms with Gasteiger partial charge in [0.05, 0.1) is 17.2 Å². The van der Waals surface area contributed by atoms with E-state index in [9.17, 15) is 20.1 Å². The number of nitriles is 2. The number of nitrogens with one attached hydrogen (secondary N) is 2. The number of thiophene rings is 1. The highest BCUT2D eigenvalue weighted by Gasteiger charge is 2.29. The van der Waals surface area contributed by atoms with Gasteiger partial charge in [0.25, 0.3) is 5.91 Å². The molecule has 0 aliphatic rings. The molecule has 1 amide bonds. The molecule has 6 N–H and O–H groups in total. The normalized spacial score (nSPS) is 10.5. The number of ether oxygens (including phenoxy) is 1. The zero-order valence-electron chi connectivity index (χ0n) is 19.6. The van der Waals surface area contributed by atoms with Crippen molar-refractivity contribution >= 4 is 51.4 Å². The number of esters is 1. The number of carbonyl (C=O) groups is 2. The summed E-state index contributed by atoms with van der Waals surface area (Å²) in [6.45, 7) is 3.27. The minimum atomic E-state index is -0.738. The Hall–Kier alpha value is -5.27. The number of nitrogen functional groups attached to an aromatic ring is 2. The van der Waals surface area contributed by atoms with Gasteiger partial charge in [0.2, 0.25) is 0 Å². The van der Waals surface area contributed by atoms with Crippen LogP contribution in [-0.4, -0.2) is 33.2 Å². The monoisotopic (exact) mass is 513 g/mol. The van der Waals surface area contributed by atoms with Crippen molar-refractivity contribution in [1.82, 2.24) is 14.8 Å². The molecule has 1 aromatic carbocycles. The minimum absolute atomic E-state index is 0.00165. The van der Waals surface area contributed by atoms with Crippen LogP contribution in [0.3, 0.4) is 0 Å². The molecule has 4 aromatic rings. The number of amides is 1. The zero-order valence-corrected chi connectivity index (χ0v) is 20.4. The van der Waals surface area contributed by atoms with Crippen molar-refractivity contribution in [3.8, 4) is 17.1 Å². The number of anilines is 3. The smallest absolute Gasteiger partial charge is 0.341 e. The molecule has 184 valence electrons. The number of hydrogen-bond donors (Lipinski definition) is 4. The number of carbonyl (C=O) groups excluding carboxylic acids is 2. The third kappa shape index (κ3) is 4.20. The number of pyridine rings is 1. The number of rotatable bonds is 5. The first-order valence-electron chi connectivity index (χ1n) is 10.8. The fraction of sp³-hybridized carbons (Fsp3) is 0.125. The molecule has 4 rings (SSSR count). The molecule has 37 heavy (non-hydrogen) atoms. The van der Waals surface area contributed by atoms with Gasteiger partial charge < -0.3 is 21.5 Å². The Labute approximate surface area is 213 Å². The van der Waals surface area contributed by atoms with E-state index in [-0.39, 0.29) is 55.7 Å². The van der Waals surface area contributed by atoms with Crippen LogP contribution in [-0.2, 0) is 4.74 Å². The molecule has 3 aromatic heterocycles. The quantitative estimate of drug-likeness (QED) is 0.288. The standard InChI is InChI=1S/C24H19N9O3S/c1-3-36-24(35)15-11(2)19(22(34)30-12-7-5-4-6-8-12)37-23(15)33-21(29)14(10-26)17-18(32-33)16(27)13(9-25)20(28)31-17/h4-8,29H,3,27H2,1-2H3,(H2,28,31)(H,30,34). The van der Waals surface area contributed by atoms with Crippen LogP contribution < -0.4 is 22.3 Å². The second-order valence-corrected chi connectivity index (χ2v) is 8.62. The van der Waals surface area contributed by atoms with Crippen LogP contribution in [0.15, 0.2) is 30.3 Å². The van der Waals surface area contributed by atoms with E-state index in [2.05, 4.69) is 15.4 Å². The van der Waals surface area contributed by atoms with Crippen LogP contribution >= 0.6 is 11.3 Å². The summed E-state index contributed by atoms with van der Waals surface area (Å²) < 4.78 is 6.23. The summed E-state index contributed by atoms with van der Waals surface area (Å²) in [6, 6.07) is 12.5. The first-order valence-corrected chi connectivity index (χ1v) is 11.6. The maximum Gasteiger partial charge on any atom is 0.341 e. The number of para-hydroxylation sites is 1. The Morgan fingerprint density at radius 1 is 1.16 bits per heavy atom. The fourth-order valence-corrected chi connectivity index (χ4v) is 4.79. The lowest BCUT2D eigenvalue weighted by molar-refractivity contribution is 0.0526. The molecule has 0 spiro atoms. The summed E-state index contributed by atoms with van der Waals surface area (Å²) in [6.07, 6.45) is 0. The Morgan fingerprint density at radius 2 is 1.84 bits per heavy atom. The maximum atomic E-state index is 13.1. The molecule has 13 heteroatoms. The van der Waals surface area contributed by atoms with Gasteiger partial charge in [0.15, 0.2) is 5.49 Å². The van der Waals surface area contributed by atoms with E-state index >= 15 is 0 Å². The number of nitrogens with zero attached hydrogens (tertiary/aromatic N) is 5. The minimum Gasteiger partial charge on any atom is -0.462 e. The van der Waals surface area contributed by atoms with E-state index < -0.39 is 17.4 Å². The molecule has 3 heterocycles. The van der Waals surface area contributed by atoms with Gasteiger partial charge >= 0.3 is 5.97 Å². The molecule has 0 aliphatic heterocycles. The summed E-state index contributed by atoms with van der Waals surface area (Å²) in [7, 11) is 0. The lowest BCUT2D eigenvalue weighted by Gasteiger charge is -2.12. The molecular formula is C24H19N9O3S. The highest BCUT2D eigenvalue weighted by molar-refractivity contribution is 7.17. The van der Waals surface area contributed by atoms with E-state index in [0.29, 0.717) is 11.3 Å². The number of fused-ring (bicyclic) bond motifs is 1. The predicted octanol–water partition coefficient (Wildman–Crippen LogP) is 2.61. The van der Waals surface area contributed by atoms with Crippen molar-refractivity contribution in [2.75, 3.05) is 23.4 Å². The summed E-state index contributed by atoms with van der Waals surface area (Å²) in [4.78, 5) is 30.4. The maximum absolute atomic E-state index is 13.1. The molecule has 0 saturated heterocycles.